The van der Waals surface area contributed by atoms with Crippen LogP contribution in [0.4, 0.5) is 4.79 Å². The second kappa shape index (κ2) is 10.5. The molecule has 1 unspecified atom stereocenters. The molecule has 0 aliphatic rings. The third kappa shape index (κ3) is 7.49. The molecule has 0 aliphatic heterocycles. The van der Waals surface area contributed by atoms with Gasteiger partial charge in [0.05, 0.1) is 12.6 Å². The molecule has 0 aromatic carbocycles. The van der Waals surface area contributed by atoms with Gasteiger partial charge in [-0.15, -0.1) is 0 Å². The number of amides is 2. The lowest BCUT2D eigenvalue weighted by Crippen LogP contribution is -2.55. The standard InChI is InChI=1S/C17H35N3O4/c1-7-12(6)15(16(22)23)19-17(24)20(11(4)5)9-14(21)13(18)8-10(2)3/h10-15,21H,7-9,18H2,1-6H3,(H,19,24)(H,22,23)/t12-,13-,14?,15-/m0/s1. The molecule has 0 saturated heterocycles. The zero-order chi connectivity index (χ0) is 19.0. The van der Waals surface area contributed by atoms with E-state index in [2.05, 4.69) is 5.32 Å². The van der Waals surface area contributed by atoms with Crippen LogP contribution in [0.15, 0.2) is 0 Å². The monoisotopic (exact) mass is 345 g/mol. The molecule has 0 aromatic rings. The third-order valence-electron chi connectivity index (χ3n) is 4.26. The van der Waals surface area contributed by atoms with Gasteiger partial charge in [0.2, 0.25) is 0 Å². The van der Waals surface area contributed by atoms with Crippen LogP contribution < -0.4 is 11.1 Å². The summed E-state index contributed by atoms with van der Waals surface area (Å²) < 4.78 is 0. The Morgan fingerprint density at radius 2 is 1.71 bits per heavy atom. The van der Waals surface area contributed by atoms with E-state index in [0.717, 1.165) is 0 Å². The SMILES string of the molecule is CC[C@H](C)[C@H](NC(=O)N(CC(O)[C@@H](N)CC(C)C)C(C)C)C(=O)O. The summed E-state index contributed by atoms with van der Waals surface area (Å²) in [7, 11) is 0. The van der Waals surface area contributed by atoms with E-state index in [-0.39, 0.29) is 18.5 Å². The van der Waals surface area contributed by atoms with E-state index in [4.69, 9.17) is 5.73 Å². The largest absolute Gasteiger partial charge is 0.480 e. The predicted molar refractivity (Wildman–Crippen MR) is 94.7 cm³/mol. The number of urea groups is 1. The van der Waals surface area contributed by atoms with Gasteiger partial charge < -0.3 is 26.2 Å². The summed E-state index contributed by atoms with van der Waals surface area (Å²) in [6.45, 7) is 11.4. The number of carboxylic acids is 1. The van der Waals surface area contributed by atoms with Crippen molar-refractivity contribution in [3.05, 3.63) is 0 Å². The van der Waals surface area contributed by atoms with E-state index in [1.807, 2.05) is 34.6 Å². The zero-order valence-corrected chi connectivity index (χ0v) is 15.8. The molecule has 0 fully saturated rings. The minimum absolute atomic E-state index is 0.0736. The molecule has 24 heavy (non-hydrogen) atoms. The normalized spacial score (nSPS) is 16.6. The minimum atomic E-state index is -1.06. The molecule has 0 rings (SSSR count). The first-order valence-corrected chi connectivity index (χ1v) is 8.74. The average Bonchev–Trinajstić information content (AvgIpc) is 2.47. The molecule has 0 aliphatic carbocycles. The van der Waals surface area contributed by atoms with Gasteiger partial charge in [-0.2, -0.15) is 0 Å². The number of carbonyl (C=O) groups excluding carboxylic acids is 1. The van der Waals surface area contributed by atoms with E-state index in [0.29, 0.717) is 18.8 Å². The molecule has 0 spiro atoms. The molecular weight excluding hydrogens is 310 g/mol. The summed E-state index contributed by atoms with van der Waals surface area (Å²) in [6, 6.07) is -2.06. The van der Waals surface area contributed by atoms with Crippen LogP contribution in [0.25, 0.3) is 0 Å². The molecule has 0 radical (unpaired) electrons. The number of rotatable bonds is 10. The number of aliphatic hydroxyl groups excluding tert-OH is 1. The van der Waals surface area contributed by atoms with Crippen LogP contribution in [0.3, 0.4) is 0 Å². The highest BCUT2D eigenvalue weighted by atomic mass is 16.4. The van der Waals surface area contributed by atoms with Crippen molar-refractivity contribution in [2.75, 3.05) is 6.54 Å². The molecule has 0 bridgehead atoms. The maximum absolute atomic E-state index is 12.5. The maximum Gasteiger partial charge on any atom is 0.326 e. The second-order valence-corrected chi connectivity index (χ2v) is 7.26. The lowest BCUT2D eigenvalue weighted by molar-refractivity contribution is -0.140. The Morgan fingerprint density at radius 3 is 2.08 bits per heavy atom. The number of aliphatic carboxylic acids is 1. The van der Waals surface area contributed by atoms with Gasteiger partial charge in [-0.25, -0.2) is 9.59 Å². The van der Waals surface area contributed by atoms with Gasteiger partial charge in [-0.1, -0.05) is 34.1 Å². The van der Waals surface area contributed by atoms with Crippen molar-refractivity contribution in [1.82, 2.24) is 10.2 Å². The molecule has 0 aromatic heterocycles. The quantitative estimate of drug-likeness (QED) is 0.480. The van der Waals surface area contributed by atoms with Crippen LogP contribution in [0.5, 0.6) is 0 Å². The van der Waals surface area contributed by atoms with Crippen LogP contribution >= 0.6 is 0 Å². The molecule has 5 N–H and O–H groups in total. The average molecular weight is 345 g/mol. The van der Waals surface area contributed by atoms with Crippen molar-refractivity contribution < 1.29 is 19.8 Å². The summed E-state index contributed by atoms with van der Waals surface area (Å²) in [5.41, 5.74) is 5.98. The highest BCUT2D eigenvalue weighted by Crippen LogP contribution is 2.12. The molecular formula is C17H35N3O4. The molecule has 7 nitrogen and oxygen atoms in total. The fraction of sp³-hybridized carbons (Fsp3) is 0.882. The lowest BCUT2D eigenvalue weighted by atomic mass is 9.99. The summed E-state index contributed by atoms with van der Waals surface area (Å²) in [5.74, 6) is -0.898. The van der Waals surface area contributed by atoms with Crippen LogP contribution in [0.1, 0.15) is 54.4 Å². The zero-order valence-electron chi connectivity index (χ0n) is 15.8. The first-order chi connectivity index (χ1) is 11.0. The van der Waals surface area contributed by atoms with E-state index in [1.54, 1.807) is 6.92 Å². The van der Waals surface area contributed by atoms with E-state index < -0.39 is 30.2 Å². The van der Waals surface area contributed by atoms with Crippen LogP contribution in [-0.4, -0.2) is 57.9 Å². The van der Waals surface area contributed by atoms with Crippen molar-refractivity contribution >= 4 is 12.0 Å². The van der Waals surface area contributed by atoms with Crippen LogP contribution in [-0.2, 0) is 4.79 Å². The number of nitrogens with two attached hydrogens (primary N) is 1. The van der Waals surface area contributed by atoms with Gasteiger partial charge in [0.15, 0.2) is 0 Å². The Balaban J connectivity index is 4.97. The summed E-state index contributed by atoms with van der Waals surface area (Å²) in [6.07, 6.45) is 0.438. The number of hydrogen-bond donors (Lipinski definition) is 4. The highest BCUT2D eigenvalue weighted by molar-refractivity contribution is 5.83. The van der Waals surface area contributed by atoms with E-state index >= 15 is 0 Å². The summed E-state index contributed by atoms with van der Waals surface area (Å²) >= 11 is 0. The summed E-state index contributed by atoms with van der Waals surface area (Å²) in [5, 5.41) is 22.2. The van der Waals surface area contributed by atoms with Crippen molar-refractivity contribution in [1.29, 1.82) is 0 Å². The molecule has 0 heterocycles. The van der Waals surface area contributed by atoms with Gasteiger partial charge >= 0.3 is 12.0 Å². The number of nitrogens with one attached hydrogen (secondary N) is 1. The number of aliphatic hydroxyl groups is 1. The van der Waals surface area contributed by atoms with Crippen LogP contribution in [0, 0.1) is 11.8 Å². The maximum atomic E-state index is 12.5. The first kappa shape index (κ1) is 22.7. The minimum Gasteiger partial charge on any atom is -0.480 e. The fourth-order valence-electron chi connectivity index (χ4n) is 2.47. The van der Waals surface area contributed by atoms with Gasteiger partial charge in [0, 0.05) is 12.1 Å². The molecule has 142 valence electrons. The fourth-order valence-corrected chi connectivity index (χ4v) is 2.47. The van der Waals surface area contributed by atoms with Gasteiger partial charge in [0.1, 0.15) is 6.04 Å². The molecule has 7 heteroatoms. The van der Waals surface area contributed by atoms with E-state index in [1.165, 1.54) is 4.90 Å². The summed E-state index contributed by atoms with van der Waals surface area (Å²) in [4.78, 5) is 25.3. The molecule has 4 atom stereocenters. The number of carboxylic acid groups (broad SMARTS) is 1. The third-order valence-corrected chi connectivity index (χ3v) is 4.26. The Morgan fingerprint density at radius 1 is 1.17 bits per heavy atom. The molecule has 2 amide bonds. The number of carbonyl (C=O) groups is 2. The van der Waals surface area contributed by atoms with Crippen LogP contribution in [0.2, 0.25) is 0 Å². The van der Waals surface area contributed by atoms with Crippen molar-refractivity contribution in [3.63, 3.8) is 0 Å². The predicted octanol–water partition coefficient (Wildman–Crippen LogP) is 1.64. The second-order valence-electron chi connectivity index (χ2n) is 7.26. The van der Waals surface area contributed by atoms with Crippen molar-refractivity contribution in [2.24, 2.45) is 17.6 Å². The number of hydrogen-bond acceptors (Lipinski definition) is 4. The Kier molecular flexibility index (Phi) is 9.92. The smallest absolute Gasteiger partial charge is 0.326 e. The Bertz CT molecular complexity index is 401. The Hall–Kier alpha value is -1.34. The van der Waals surface area contributed by atoms with Crippen molar-refractivity contribution in [2.45, 2.75) is 78.6 Å². The number of nitrogens with zero attached hydrogens (tertiary/aromatic N) is 1. The van der Waals surface area contributed by atoms with Crippen molar-refractivity contribution in [3.8, 4) is 0 Å². The van der Waals surface area contributed by atoms with Gasteiger partial charge in [-0.05, 0) is 32.1 Å². The molecule has 0 saturated carbocycles. The topological polar surface area (TPSA) is 116 Å². The van der Waals surface area contributed by atoms with E-state index in [9.17, 15) is 19.8 Å². The lowest BCUT2D eigenvalue weighted by Gasteiger charge is -2.33. The highest BCUT2D eigenvalue weighted by Gasteiger charge is 2.30. The first-order valence-electron chi connectivity index (χ1n) is 8.74. The van der Waals surface area contributed by atoms with Gasteiger partial charge in [0.25, 0.3) is 0 Å². The van der Waals surface area contributed by atoms with Gasteiger partial charge in [-0.3, -0.25) is 0 Å². The Labute approximate surface area is 145 Å².